The van der Waals surface area contributed by atoms with Gasteiger partial charge in [-0.3, -0.25) is 4.79 Å². The summed E-state index contributed by atoms with van der Waals surface area (Å²) in [4.78, 5) is 11.4. The summed E-state index contributed by atoms with van der Waals surface area (Å²) < 4.78 is 53.9. The molecule has 2 fully saturated rings. The molecule has 3 atom stereocenters. The number of aliphatic hydroxyl groups excluding tert-OH is 1. The third-order valence-corrected chi connectivity index (χ3v) is 6.82. The maximum atomic E-state index is 14.2. The van der Waals surface area contributed by atoms with Gasteiger partial charge in [0.25, 0.3) is 0 Å². The molecule has 4 rings (SSSR count). The third-order valence-electron chi connectivity index (χ3n) is 5.54. The molecule has 3 unspecified atom stereocenters. The number of benzene rings is 2. The van der Waals surface area contributed by atoms with Crippen LogP contribution >= 0.6 is 11.8 Å². The van der Waals surface area contributed by atoms with E-state index in [4.69, 9.17) is 5.11 Å². The second-order valence-electron chi connectivity index (χ2n) is 7.39. The Morgan fingerprint density at radius 1 is 1.03 bits per heavy atom. The normalized spacial score (nSPS) is 26.1. The van der Waals surface area contributed by atoms with Crippen molar-refractivity contribution in [3.63, 3.8) is 0 Å². The number of anilines is 1. The Hall–Kier alpha value is -2.26. The van der Waals surface area contributed by atoms with Crippen LogP contribution in [0.15, 0.2) is 35.2 Å². The van der Waals surface area contributed by atoms with Crippen molar-refractivity contribution < 1.29 is 32.6 Å². The number of fused-ring (bicyclic) bond motifs is 1. The van der Waals surface area contributed by atoms with Gasteiger partial charge in [0.2, 0.25) is 0 Å². The van der Waals surface area contributed by atoms with Gasteiger partial charge >= 0.3 is 5.97 Å². The molecule has 2 saturated carbocycles. The van der Waals surface area contributed by atoms with Crippen LogP contribution in [0.25, 0.3) is 0 Å². The summed E-state index contributed by atoms with van der Waals surface area (Å²) in [6.45, 7) is 0. The molecule has 154 valence electrons. The largest absolute Gasteiger partial charge is 0.481 e. The van der Waals surface area contributed by atoms with Gasteiger partial charge in [0.05, 0.1) is 5.92 Å². The number of carboxylic acids is 1. The number of carbonyl (C=O) groups is 1. The standard InChI is InChI=1S/C20H17F4NO3S/c21-13-2-1-8(19(26)25-9-4-14(22)18(24)15(23)5-9)3-16(13)29-10-6-11-12(7-10)17(11)20(27)28/h1-5,10-12,17,19,25-26H,6-7H2,(H,27,28). The van der Waals surface area contributed by atoms with Crippen molar-refractivity contribution in [1.29, 1.82) is 0 Å². The number of hydrogen-bond donors (Lipinski definition) is 3. The number of nitrogens with one attached hydrogen (secondary N) is 1. The SMILES string of the molecule is O=C(O)C1C2CC(Sc3cc(C(O)Nc4cc(F)c(F)c(F)c4)ccc3F)CC21. The second kappa shape index (κ2) is 7.53. The number of halogens is 4. The van der Waals surface area contributed by atoms with Crippen LogP contribution in [0, 0.1) is 41.0 Å². The van der Waals surface area contributed by atoms with Crippen LogP contribution in [0.5, 0.6) is 0 Å². The van der Waals surface area contributed by atoms with Crippen LogP contribution < -0.4 is 5.32 Å². The van der Waals surface area contributed by atoms with Crippen molar-refractivity contribution in [1.82, 2.24) is 0 Å². The van der Waals surface area contributed by atoms with Gasteiger partial charge in [-0.15, -0.1) is 11.8 Å². The molecule has 0 amide bonds. The van der Waals surface area contributed by atoms with Gasteiger partial charge in [-0.05, 0) is 36.8 Å². The van der Waals surface area contributed by atoms with Crippen LogP contribution in [0.2, 0.25) is 0 Å². The number of carboxylic acid groups (broad SMARTS) is 1. The highest BCUT2D eigenvalue weighted by molar-refractivity contribution is 8.00. The van der Waals surface area contributed by atoms with Crippen molar-refractivity contribution in [3.8, 4) is 0 Å². The number of hydrogen-bond acceptors (Lipinski definition) is 4. The molecule has 9 heteroatoms. The third kappa shape index (κ3) is 3.93. The molecule has 0 bridgehead atoms. The molecule has 2 aliphatic carbocycles. The summed E-state index contributed by atoms with van der Waals surface area (Å²) in [6.07, 6.45) is 0.00286. The van der Waals surface area contributed by atoms with Crippen molar-refractivity contribution in [3.05, 3.63) is 59.2 Å². The minimum absolute atomic E-state index is 0.0933. The van der Waals surface area contributed by atoms with E-state index in [1.165, 1.54) is 30.0 Å². The first-order chi connectivity index (χ1) is 13.7. The van der Waals surface area contributed by atoms with E-state index >= 15 is 0 Å². The molecule has 3 N–H and O–H groups in total. The zero-order valence-electron chi connectivity index (χ0n) is 14.9. The zero-order valence-corrected chi connectivity index (χ0v) is 15.7. The molecule has 29 heavy (non-hydrogen) atoms. The average Bonchev–Trinajstić information content (AvgIpc) is 3.18. The van der Waals surface area contributed by atoms with Gasteiger partial charge in [0, 0.05) is 33.5 Å². The topological polar surface area (TPSA) is 69.6 Å². The molecule has 0 heterocycles. The first kappa shape index (κ1) is 20.0. The predicted molar refractivity (Wildman–Crippen MR) is 98.3 cm³/mol. The minimum atomic E-state index is -1.61. The highest BCUT2D eigenvalue weighted by Crippen LogP contribution is 2.60. The summed E-state index contributed by atoms with van der Waals surface area (Å²) in [6, 6.07) is 5.38. The highest BCUT2D eigenvalue weighted by Gasteiger charge is 2.59. The molecule has 4 nitrogen and oxygen atoms in total. The molecule has 0 aliphatic heterocycles. The van der Waals surface area contributed by atoms with Crippen LogP contribution in [0.4, 0.5) is 23.2 Å². The Bertz CT molecular complexity index is 938. The van der Waals surface area contributed by atoms with Gasteiger partial charge in [-0.2, -0.15) is 0 Å². The Labute approximate surface area is 167 Å². The van der Waals surface area contributed by atoms with Crippen LogP contribution in [-0.4, -0.2) is 21.4 Å². The van der Waals surface area contributed by atoms with Gasteiger partial charge in [-0.25, -0.2) is 17.6 Å². The van der Waals surface area contributed by atoms with Crippen LogP contribution in [0.1, 0.15) is 24.6 Å². The maximum absolute atomic E-state index is 14.2. The lowest BCUT2D eigenvalue weighted by Gasteiger charge is -2.18. The second-order valence-corrected chi connectivity index (χ2v) is 8.74. The first-order valence-corrected chi connectivity index (χ1v) is 9.90. The van der Waals surface area contributed by atoms with E-state index in [-0.39, 0.29) is 34.3 Å². The molecule has 2 aliphatic rings. The molecule has 0 spiro atoms. The van der Waals surface area contributed by atoms with Crippen LogP contribution in [-0.2, 0) is 4.79 Å². The number of aliphatic hydroxyl groups is 1. The molecule has 0 aromatic heterocycles. The maximum Gasteiger partial charge on any atom is 0.307 e. The highest BCUT2D eigenvalue weighted by atomic mass is 32.2. The molecular formula is C20H17F4NO3S. The number of thioether (sulfide) groups is 1. The van der Waals surface area contributed by atoms with Gasteiger partial charge < -0.3 is 15.5 Å². The van der Waals surface area contributed by atoms with Crippen molar-refractivity contribution in [2.24, 2.45) is 17.8 Å². The van der Waals surface area contributed by atoms with Crippen LogP contribution in [0.3, 0.4) is 0 Å². The summed E-state index contributed by atoms with van der Waals surface area (Å²) in [5.41, 5.74) is 0.105. The molecule has 0 radical (unpaired) electrons. The Kier molecular flexibility index (Phi) is 5.20. The van der Waals surface area contributed by atoms with E-state index < -0.39 is 35.5 Å². The fraction of sp³-hybridized carbons (Fsp3) is 0.350. The fourth-order valence-corrected chi connectivity index (χ4v) is 5.47. The van der Waals surface area contributed by atoms with E-state index in [1.807, 2.05) is 0 Å². The zero-order chi connectivity index (χ0) is 20.9. The lowest BCUT2D eigenvalue weighted by Crippen LogP contribution is -2.12. The smallest absolute Gasteiger partial charge is 0.307 e. The van der Waals surface area contributed by atoms with Gasteiger partial charge in [0.1, 0.15) is 5.82 Å². The van der Waals surface area contributed by atoms with Gasteiger partial charge in [0.15, 0.2) is 23.7 Å². The van der Waals surface area contributed by atoms with E-state index in [0.29, 0.717) is 29.9 Å². The van der Waals surface area contributed by atoms with Gasteiger partial charge in [-0.1, -0.05) is 6.07 Å². The van der Waals surface area contributed by atoms with E-state index in [9.17, 15) is 27.5 Å². The quantitative estimate of drug-likeness (QED) is 0.359. The summed E-state index contributed by atoms with van der Waals surface area (Å²) in [7, 11) is 0. The van der Waals surface area contributed by atoms with Crippen molar-refractivity contribution in [2.75, 3.05) is 5.32 Å². The first-order valence-electron chi connectivity index (χ1n) is 9.02. The Morgan fingerprint density at radius 3 is 2.24 bits per heavy atom. The average molecular weight is 427 g/mol. The monoisotopic (exact) mass is 427 g/mol. The fourth-order valence-electron chi connectivity index (χ4n) is 4.09. The Morgan fingerprint density at radius 2 is 1.66 bits per heavy atom. The predicted octanol–water partition coefficient (Wildman–Crippen LogP) is 4.55. The summed E-state index contributed by atoms with van der Waals surface area (Å²) in [5.74, 6) is -5.64. The lowest BCUT2D eigenvalue weighted by molar-refractivity contribution is -0.139. The molecule has 2 aromatic rings. The van der Waals surface area contributed by atoms with E-state index in [2.05, 4.69) is 5.32 Å². The summed E-state index contributed by atoms with van der Waals surface area (Å²) >= 11 is 1.29. The summed E-state index contributed by atoms with van der Waals surface area (Å²) in [5, 5.41) is 21.9. The van der Waals surface area contributed by atoms with Crippen molar-refractivity contribution in [2.45, 2.75) is 29.2 Å². The molecule has 0 saturated heterocycles. The Balaban J connectivity index is 1.44. The molecular weight excluding hydrogens is 410 g/mol. The number of rotatable bonds is 6. The van der Waals surface area contributed by atoms with Crippen molar-refractivity contribution >= 4 is 23.4 Å². The molecule has 2 aromatic carbocycles. The van der Waals surface area contributed by atoms with E-state index in [0.717, 1.165) is 0 Å². The number of aliphatic carboxylic acids is 1. The minimum Gasteiger partial charge on any atom is -0.481 e. The lowest BCUT2D eigenvalue weighted by atomic mass is 10.1. The van der Waals surface area contributed by atoms with E-state index in [1.54, 1.807) is 0 Å².